The number of amides is 1. The first kappa shape index (κ1) is 18.7. The van der Waals surface area contributed by atoms with Crippen molar-refractivity contribution in [3.63, 3.8) is 0 Å². The highest BCUT2D eigenvalue weighted by Gasteiger charge is 2.52. The maximum atomic E-state index is 14.3. The first-order valence-electron chi connectivity index (χ1n) is 8.92. The lowest BCUT2D eigenvalue weighted by Crippen LogP contribution is -2.47. The second kappa shape index (κ2) is 5.99. The van der Waals surface area contributed by atoms with Crippen LogP contribution in [0.1, 0.15) is 47.0 Å². The second-order valence-electron chi connectivity index (χ2n) is 8.69. The summed E-state index contributed by atoms with van der Waals surface area (Å²) in [5.74, 6) is -1.38. The Morgan fingerprint density at radius 1 is 1.31 bits per heavy atom. The summed E-state index contributed by atoms with van der Waals surface area (Å²) < 4.78 is 25.4. The van der Waals surface area contributed by atoms with E-state index in [-0.39, 0.29) is 17.9 Å². The van der Waals surface area contributed by atoms with E-state index in [1.54, 1.807) is 4.90 Å². The van der Waals surface area contributed by atoms with E-state index in [2.05, 4.69) is 0 Å². The zero-order chi connectivity index (χ0) is 19.3. The van der Waals surface area contributed by atoms with Gasteiger partial charge in [-0.25, -0.2) is 9.18 Å². The Hall–Kier alpha value is -2.05. The van der Waals surface area contributed by atoms with Crippen molar-refractivity contribution in [1.29, 1.82) is 0 Å². The molecule has 2 aliphatic heterocycles. The number of carbonyl (C=O) groups is 2. The van der Waals surface area contributed by atoms with Gasteiger partial charge in [-0.1, -0.05) is 0 Å². The summed E-state index contributed by atoms with van der Waals surface area (Å²) in [6.45, 7) is 8.30. The van der Waals surface area contributed by atoms with Crippen molar-refractivity contribution in [2.45, 2.75) is 52.6 Å². The Bertz CT molecular complexity index is 697. The number of rotatable bonds is 1. The third kappa shape index (κ3) is 3.08. The van der Waals surface area contributed by atoms with Crippen LogP contribution >= 0.6 is 0 Å². The van der Waals surface area contributed by atoms with Crippen LogP contribution in [0.3, 0.4) is 0 Å². The van der Waals surface area contributed by atoms with Gasteiger partial charge in [-0.05, 0) is 52.5 Å². The van der Waals surface area contributed by atoms with Gasteiger partial charge in [0.15, 0.2) is 0 Å². The molecule has 6 nitrogen and oxygen atoms in total. The number of hydrogen-bond acceptors (Lipinski definition) is 4. The minimum Gasteiger partial charge on any atom is -0.493 e. The third-order valence-corrected chi connectivity index (χ3v) is 5.60. The minimum absolute atomic E-state index is 0.104. The summed E-state index contributed by atoms with van der Waals surface area (Å²) >= 11 is 0. The Morgan fingerprint density at radius 2 is 1.92 bits per heavy atom. The monoisotopic (exact) mass is 367 g/mol. The van der Waals surface area contributed by atoms with Crippen LogP contribution in [0.5, 0.6) is 0 Å². The number of nitrogens with zero attached hydrogens (tertiary/aromatic N) is 1. The molecule has 1 saturated heterocycles. The molecule has 1 unspecified atom stereocenters. The molecule has 0 saturated carbocycles. The molecule has 0 bridgehead atoms. The lowest BCUT2D eigenvalue weighted by Gasteiger charge is -2.41. The molecule has 144 valence electrons. The highest BCUT2D eigenvalue weighted by atomic mass is 19.1. The van der Waals surface area contributed by atoms with Crippen LogP contribution in [0.15, 0.2) is 23.2 Å². The predicted molar refractivity (Wildman–Crippen MR) is 92.0 cm³/mol. The molecule has 1 N–H and O–H groups in total. The highest BCUT2D eigenvalue weighted by molar-refractivity contribution is 5.79. The standard InChI is InChI=1S/C19H26FNO5/c1-17(2,3)26-16(24)21-7-5-19(6-8-21)11-25-13-9-14(20)18(4,15(22)23)10-12(13)19/h9H,5-8,10-11H2,1-4H3,(H,22,23). The second-order valence-corrected chi connectivity index (χ2v) is 8.69. The average Bonchev–Trinajstić information content (AvgIpc) is 2.84. The predicted octanol–water partition coefficient (Wildman–Crippen LogP) is 3.64. The first-order valence-corrected chi connectivity index (χ1v) is 8.92. The number of likely N-dealkylation sites (tertiary alicyclic amines) is 1. The van der Waals surface area contributed by atoms with E-state index in [0.29, 0.717) is 38.3 Å². The van der Waals surface area contributed by atoms with Crippen LogP contribution < -0.4 is 0 Å². The number of hydrogen-bond donors (Lipinski definition) is 1. The highest BCUT2D eigenvalue weighted by Crippen LogP contribution is 2.54. The number of fused-ring (bicyclic) bond motifs is 1. The molecule has 0 aromatic heterocycles. The number of carbonyl (C=O) groups excluding carboxylic acids is 1. The molecule has 0 aromatic carbocycles. The van der Waals surface area contributed by atoms with E-state index in [1.165, 1.54) is 13.0 Å². The van der Waals surface area contributed by atoms with Crippen molar-refractivity contribution in [2.75, 3.05) is 19.7 Å². The molecule has 1 spiro atoms. The van der Waals surface area contributed by atoms with Crippen molar-refractivity contribution >= 4 is 12.1 Å². The molecule has 2 heterocycles. The van der Waals surface area contributed by atoms with Gasteiger partial charge >= 0.3 is 12.1 Å². The van der Waals surface area contributed by atoms with Crippen LogP contribution in [-0.4, -0.2) is 47.4 Å². The normalized spacial score (nSPS) is 27.7. The SMILES string of the molecule is CC(C)(C)OC(=O)N1CCC2(CC1)COC1=C2CC(C)(C(=O)O)C(F)=C1. The molecule has 1 amide bonds. The van der Waals surface area contributed by atoms with E-state index in [0.717, 1.165) is 5.57 Å². The van der Waals surface area contributed by atoms with Crippen LogP contribution in [0, 0.1) is 10.8 Å². The molecular weight excluding hydrogens is 341 g/mol. The summed E-state index contributed by atoms with van der Waals surface area (Å²) in [6, 6.07) is 0. The Kier molecular flexibility index (Phi) is 4.32. The summed E-state index contributed by atoms with van der Waals surface area (Å²) in [6.07, 6.45) is 2.28. The number of halogens is 1. The lowest BCUT2D eigenvalue weighted by atomic mass is 9.66. The zero-order valence-electron chi connectivity index (χ0n) is 15.7. The minimum atomic E-state index is -1.55. The van der Waals surface area contributed by atoms with E-state index in [9.17, 15) is 19.1 Å². The summed E-state index contributed by atoms with van der Waals surface area (Å²) in [5.41, 5.74) is -1.57. The van der Waals surface area contributed by atoms with E-state index in [4.69, 9.17) is 9.47 Å². The number of carboxylic acid groups (broad SMARTS) is 1. The molecule has 1 aliphatic carbocycles. The molecular formula is C19H26FNO5. The molecule has 1 atom stereocenters. The fraction of sp³-hybridized carbons (Fsp3) is 0.684. The molecule has 7 heteroatoms. The third-order valence-electron chi connectivity index (χ3n) is 5.60. The summed E-state index contributed by atoms with van der Waals surface area (Å²) in [5, 5.41) is 9.48. The molecule has 0 radical (unpaired) electrons. The van der Waals surface area contributed by atoms with Gasteiger partial charge in [0.2, 0.25) is 0 Å². The number of aliphatic carboxylic acids is 1. The van der Waals surface area contributed by atoms with Gasteiger partial charge in [0, 0.05) is 24.6 Å². The molecule has 3 aliphatic rings. The molecule has 3 rings (SSSR count). The van der Waals surface area contributed by atoms with Gasteiger partial charge < -0.3 is 19.5 Å². The smallest absolute Gasteiger partial charge is 0.410 e. The zero-order valence-corrected chi connectivity index (χ0v) is 15.7. The van der Waals surface area contributed by atoms with E-state index >= 15 is 0 Å². The first-order chi connectivity index (χ1) is 12.0. The number of piperidine rings is 1. The van der Waals surface area contributed by atoms with Crippen molar-refractivity contribution < 1.29 is 28.6 Å². The maximum absolute atomic E-state index is 14.3. The summed E-state index contributed by atoms with van der Waals surface area (Å²) in [7, 11) is 0. The number of ether oxygens (including phenoxy) is 2. The number of carboxylic acids is 1. The van der Waals surface area contributed by atoms with Gasteiger partial charge in [0.1, 0.15) is 22.6 Å². The van der Waals surface area contributed by atoms with Crippen molar-refractivity contribution in [3.8, 4) is 0 Å². The fourth-order valence-corrected chi connectivity index (χ4v) is 3.83. The Morgan fingerprint density at radius 3 is 2.46 bits per heavy atom. The van der Waals surface area contributed by atoms with Gasteiger partial charge in [0.05, 0.1) is 6.61 Å². The fourth-order valence-electron chi connectivity index (χ4n) is 3.83. The quantitative estimate of drug-likeness (QED) is 0.766. The average molecular weight is 367 g/mol. The van der Waals surface area contributed by atoms with Crippen molar-refractivity contribution in [1.82, 2.24) is 4.90 Å². The Balaban J connectivity index is 1.76. The van der Waals surface area contributed by atoms with Gasteiger partial charge in [-0.2, -0.15) is 0 Å². The van der Waals surface area contributed by atoms with Crippen molar-refractivity contribution in [2.24, 2.45) is 10.8 Å². The molecule has 0 aromatic rings. The molecule has 26 heavy (non-hydrogen) atoms. The topological polar surface area (TPSA) is 76.1 Å². The van der Waals surface area contributed by atoms with Gasteiger partial charge in [0.25, 0.3) is 0 Å². The van der Waals surface area contributed by atoms with Crippen LogP contribution in [0.2, 0.25) is 0 Å². The Labute approximate surface area is 152 Å². The lowest BCUT2D eigenvalue weighted by molar-refractivity contribution is -0.146. The van der Waals surface area contributed by atoms with Crippen molar-refractivity contribution in [3.05, 3.63) is 23.2 Å². The van der Waals surface area contributed by atoms with Crippen LogP contribution in [0.25, 0.3) is 0 Å². The number of allylic oxidation sites excluding steroid dienone is 1. The van der Waals surface area contributed by atoms with E-state index < -0.39 is 22.8 Å². The van der Waals surface area contributed by atoms with Crippen LogP contribution in [-0.2, 0) is 14.3 Å². The summed E-state index contributed by atoms with van der Waals surface area (Å²) in [4.78, 5) is 25.5. The van der Waals surface area contributed by atoms with Gasteiger partial charge in [-0.15, -0.1) is 0 Å². The molecule has 1 fully saturated rings. The maximum Gasteiger partial charge on any atom is 0.410 e. The van der Waals surface area contributed by atoms with E-state index in [1.807, 2.05) is 20.8 Å². The van der Waals surface area contributed by atoms with Crippen LogP contribution in [0.4, 0.5) is 9.18 Å². The van der Waals surface area contributed by atoms with Gasteiger partial charge in [-0.3, -0.25) is 4.79 Å². The largest absolute Gasteiger partial charge is 0.493 e.